The smallest absolute Gasteiger partial charge is 0.248 e. The third kappa shape index (κ3) is 3.77. The van der Waals surface area contributed by atoms with E-state index < -0.39 is 5.92 Å². The minimum absolute atomic E-state index is 0.0338. The summed E-state index contributed by atoms with van der Waals surface area (Å²) in [6.07, 6.45) is 0.715. The molecule has 8 heteroatoms. The summed E-state index contributed by atoms with van der Waals surface area (Å²) in [6, 6.07) is 1.70. The maximum atomic E-state index is 13.3. The Morgan fingerprint density at radius 3 is 2.57 bits per heavy atom. The molecular weight excluding hydrogens is 342 g/mol. The van der Waals surface area contributed by atoms with Gasteiger partial charge in [0.1, 0.15) is 11.0 Å². The number of halogens is 3. The van der Waals surface area contributed by atoms with Crippen molar-refractivity contribution in [2.45, 2.75) is 44.6 Å². The van der Waals surface area contributed by atoms with Crippen molar-refractivity contribution in [3.63, 3.8) is 0 Å². The lowest BCUT2D eigenvalue weighted by atomic mass is 9.91. The van der Waals surface area contributed by atoms with E-state index in [9.17, 15) is 8.78 Å². The van der Waals surface area contributed by atoms with E-state index in [1.165, 1.54) is 11.3 Å². The molecule has 2 heterocycles. The predicted molar refractivity (Wildman–Crippen MR) is 88.5 cm³/mol. The van der Waals surface area contributed by atoms with E-state index in [-0.39, 0.29) is 18.9 Å². The van der Waals surface area contributed by atoms with E-state index in [1.807, 2.05) is 24.3 Å². The summed E-state index contributed by atoms with van der Waals surface area (Å²) in [6.45, 7) is 1.90. The molecule has 0 spiro atoms. The molecule has 1 aliphatic carbocycles. The number of anilines is 1. The second kappa shape index (κ2) is 6.28. The average molecular weight is 359 g/mol. The van der Waals surface area contributed by atoms with Gasteiger partial charge < -0.3 is 4.90 Å². The Labute approximate surface area is 142 Å². The summed E-state index contributed by atoms with van der Waals surface area (Å²) in [7, 11) is 1.86. The fourth-order valence-electron chi connectivity index (χ4n) is 2.74. The van der Waals surface area contributed by atoms with Gasteiger partial charge in [0.15, 0.2) is 10.8 Å². The summed E-state index contributed by atoms with van der Waals surface area (Å²) >= 11 is 7.57. The standard InChI is InChI=1S/C15H17ClF2N4S/c1-9-8-23-14(19-9)13-20-11(16)7-12(21-13)22(2)10-3-5-15(17,18)6-4-10/h7-8,10H,3-6H2,1-2H3. The van der Waals surface area contributed by atoms with E-state index in [0.717, 1.165) is 5.69 Å². The minimum Gasteiger partial charge on any atom is -0.357 e. The molecule has 0 N–H and O–H groups in total. The molecule has 4 nitrogen and oxygen atoms in total. The highest BCUT2D eigenvalue weighted by Gasteiger charge is 2.36. The van der Waals surface area contributed by atoms with E-state index in [0.29, 0.717) is 34.6 Å². The van der Waals surface area contributed by atoms with Gasteiger partial charge in [-0.25, -0.2) is 23.7 Å². The topological polar surface area (TPSA) is 41.9 Å². The van der Waals surface area contributed by atoms with Crippen LogP contribution < -0.4 is 4.90 Å². The minimum atomic E-state index is -2.54. The maximum absolute atomic E-state index is 13.3. The first-order valence-corrected chi connectivity index (χ1v) is 8.67. The predicted octanol–water partition coefficient (Wildman–Crippen LogP) is 4.58. The van der Waals surface area contributed by atoms with E-state index in [1.54, 1.807) is 6.07 Å². The lowest BCUT2D eigenvalue weighted by molar-refractivity contribution is -0.0378. The molecule has 0 aliphatic heterocycles. The van der Waals surface area contributed by atoms with Crippen LogP contribution in [0, 0.1) is 6.92 Å². The highest BCUT2D eigenvalue weighted by molar-refractivity contribution is 7.13. The van der Waals surface area contributed by atoms with Crippen LogP contribution in [-0.2, 0) is 0 Å². The number of nitrogens with zero attached hydrogens (tertiary/aromatic N) is 4. The van der Waals surface area contributed by atoms with Gasteiger partial charge in [0.2, 0.25) is 5.92 Å². The normalized spacial score (nSPS) is 18.1. The molecule has 0 bridgehead atoms. The van der Waals surface area contributed by atoms with Crippen LogP contribution >= 0.6 is 22.9 Å². The molecule has 0 radical (unpaired) electrons. The largest absolute Gasteiger partial charge is 0.357 e. The second-order valence-corrected chi connectivity index (χ2v) is 7.11. The zero-order valence-corrected chi connectivity index (χ0v) is 14.5. The van der Waals surface area contributed by atoms with Gasteiger partial charge in [0.25, 0.3) is 0 Å². The first-order valence-electron chi connectivity index (χ1n) is 7.42. The average Bonchev–Trinajstić information content (AvgIpc) is 2.92. The Morgan fingerprint density at radius 2 is 1.96 bits per heavy atom. The van der Waals surface area contributed by atoms with Crippen LogP contribution in [0.5, 0.6) is 0 Å². The molecular formula is C15H17ClF2N4S. The van der Waals surface area contributed by atoms with Gasteiger partial charge in [-0.3, -0.25) is 0 Å². The molecule has 2 aromatic heterocycles. The molecule has 0 aromatic carbocycles. The fraction of sp³-hybridized carbons (Fsp3) is 0.533. The summed E-state index contributed by atoms with van der Waals surface area (Å²) in [4.78, 5) is 15.0. The molecule has 23 heavy (non-hydrogen) atoms. The van der Waals surface area contributed by atoms with Gasteiger partial charge in [-0.05, 0) is 19.8 Å². The third-order valence-corrected chi connectivity index (χ3v) is 5.24. The van der Waals surface area contributed by atoms with Crippen molar-refractivity contribution in [1.82, 2.24) is 15.0 Å². The number of rotatable bonds is 3. The Kier molecular flexibility index (Phi) is 4.51. The van der Waals surface area contributed by atoms with Crippen LogP contribution in [-0.4, -0.2) is 34.0 Å². The number of hydrogen-bond donors (Lipinski definition) is 0. The highest BCUT2D eigenvalue weighted by Crippen LogP contribution is 2.36. The van der Waals surface area contributed by atoms with Crippen LogP contribution in [0.2, 0.25) is 5.15 Å². The first kappa shape index (κ1) is 16.5. The van der Waals surface area contributed by atoms with Crippen LogP contribution in [0.15, 0.2) is 11.4 Å². The Hall–Kier alpha value is -1.34. The zero-order valence-electron chi connectivity index (χ0n) is 12.9. The maximum Gasteiger partial charge on any atom is 0.248 e. The van der Waals surface area contributed by atoms with Gasteiger partial charge in [0, 0.05) is 43.1 Å². The Balaban J connectivity index is 1.83. The van der Waals surface area contributed by atoms with Crippen molar-refractivity contribution in [1.29, 1.82) is 0 Å². The monoisotopic (exact) mass is 358 g/mol. The second-order valence-electron chi connectivity index (χ2n) is 5.86. The van der Waals surface area contributed by atoms with Crippen molar-refractivity contribution in [2.75, 3.05) is 11.9 Å². The van der Waals surface area contributed by atoms with Crippen LogP contribution in [0.25, 0.3) is 10.8 Å². The Morgan fingerprint density at radius 1 is 1.26 bits per heavy atom. The van der Waals surface area contributed by atoms with E-state index in [2.05, 4.69) is 15.0 Å². The molecule has 1 fully saturated rings. The molecule has 124 valence electrons. The van der Waals surface area contributed by atoms with E-state index in [4.69, 9.17) is 11.6 Å². The molecule has 0 unspecified atom stereocenters. The highest BCUT2D eigenvalue weighted by atomic mass is 35.5. The van der Waals surface area contributed by atoms with Crippen LogP contribution in [0.4, 0.5) is 14.6 Å². The van der Waals surface area contributed by atoms with Crippen molar-refractivity contribution < 1.29 is 8.78 Å². The van der Waals surface area contributed by atoms with Crippen molar-refractivity contribution in [3.8, 4) is 10.8 Å². The van der Waals surface area contributed by atoms with Gasteiger partial charge >= 0.3 is 0 Å². The summed E-state index contributed by atoms with van der Waals surface area (Å²) in [5, 5.41) is 2.95. The van der Waals surface area contributed by atoms with Crippen molar-refractivity contribution >= 4 is 28.8 Å². The third-order valence-electron chi connectivity index (χ3n) is 4.09. The summed E-state index contributed by atoms with van der Waals surface area (Å²) in [5.74, 6) is -1.42. The van der Waals surface area contributed by atoms with Crippen molar-refractivity contribution in [3.05, 3.63) is 22.3 Å². The lowest BCUT2D eigenvalue weighted by Crippen LogP contribution is -2.39. The molecule has 2 aromatic rings. The lowest BCUT2D eigenvalue weighted by Gasteiger charge is -2.35. The van der Waals surface area contributed by atoms with Crippen molar-refractivity contribution in [2.24, 2.45) is 0 Å². The molecule has 1 aliphatic rings. The Bertz CT molecular complexity index is 697. The zero-order chi connectivity index (χ0) is 16.6. The molecule has 0 amide bonds. The molecule has 3 rings (SSSR count). The number of aryl methyl sites for hydroxylation is 1. The number of aromatic nitrogens is 3. The van der Waals surface area contributed by atoms with Gasteiger partial charge in [-0.2, -0.15) is 0 Å². The van der Waals surface area contributed by atoms with Gasteiger partial charge in [-0.15, -0.1) is 11.3 Å². The summed E-state index contributed by atoms with van der Waals surface area (Å²) < 4.78 is 26.6. The first-order chi connectivity index (χ1) is 10.8. The van der Waals surface area contributed by atoms with E-state index >= 15 is 0 Å². The summed E-state index contributed by atoms with van der Waals surface area (Å²) in [5.41, 5.74) is 0.901. The van der Waals surface area contributed by atoms with Gasteiger partial charge in [-0.1, -0.05) is 11.6 Å². The molecule has 1 saturated carbocycles. The number of alkyl halides is 2. The van der Waals surface area contributed by atoms with Gasteiger partial charge in [0.05, 0.1) is 0 Å². The van der Waals surface area contributed by atoms with Crippen LogP contribution in [0.3, 0.4) is 0 Å². The molecule has 0 saturated heterocycles. The molecule has 0 atom stereocenters. The van der Waals surface area contributed by atoms with Crippen LogP contribution in [0.1, 0.15) is 31.4 Å². The fourth-order valence-corrected chi connectivity index (χ4v) is 3.64. The quantitative estimate of drug-likeness (QED) is 0.753. The number of hydrogen-bond acceptors (Lipinski definition) is 5. The SMILES string of the molecule is Cc1csc(-c2nc(Cl)cc(N(C)C3CCC(F)(F)CC3)n2)n1. The number of thiazole rings is 1.